The highest BCUT2D eigenvalue weighted by atomic mass is 19.1. The fourth-order valence-electron chi connectivity index (χ4n) is 3.79. The quantitative estimate of drug-likeness (QED) is 0.457. The first-order chi connectivity index (χ1) is 15.6. The predicted molar refractivity (Wildman–Crippen MR) is 122 cm³/mol. The van der Waals surface area contributed by atoms with Crippen LogP contribution >= 0.6 is 0 Å². The lowest BCUT2D eigenvalue weighted by Gasteiger charge is -2.27. The Morgan fingerprint density at radius 1 is 1.19 bits per heavy atom. The van der Waals surface area contributed by atoms with Crippen LogP contribution < -0.4 is 11.0 Å². The molecule has 7 nitrogen and oxygen atoms in total. The zero-order valence-corrected chi connectivity index (χ0v) is 17.5. The van der Waals surface area contributed by atoms with Gasteiger partial charge in [0, 0.05) is 12.1 Å². The van der Waals surface area contributed by atoms with Crippen LogP contribution in [0.4, 0.5) is 10.3 Å². The molecule has 0 unspecified atom stereocenters. The lowest BCUT2D eigenvalue weighted by molar-refractivity contribution is 0.220. The molecule has 0 atom stereocenters. The summed E-state index contributed by atoms with van der Waals surface area (Å²) in [5.41, 5.74) is 4.68. The third kappa shape index (κ3) is 5.07. The molecule has 2 heterocycles. The number of nitrogens with zero attached hydrogens (tertiary/aromatic N) is 4. The zero-order valence-electron chi connectivity index (χ0n) is 17.5. The minimum Gasteiger partial charge on any atom is -0.299 e. The van der Waals surface area contributed by atoms with Gasteiger partial charge < -0.3 is 0 Å². The Balaban J connectivity index is 1.56. The van der Waals surface area contributed by atoms with Gasteiger partial charge in [0.2, 0.25) is 5.95 Å². The van der Waals surface area contributed by atoms with Gasteiger partial charge in [0.25, 0.3) is 5.56 Å². The lowest BCUT2D eigenvalue weighted by Crippen LogP contribution is -2.29. The molecule has 8 heteroatoms. The van der Waals surface area contributed by atoms with E-state index in [9.17, 15) is 14.4 Å². The van der Waals surface area contributed by atoms with Crippen molar-refractivity contribution in [1.82, 2.24) is 14.9 Å². The van der Waals surface area contributed by atoms with Crippen LogP contribution in [0.5, 0.6) is 0 Å². The van der Waals surface area contributed by atoms with Crippen molar-refractivity contribution in [2.75, 3.05) is 18.5 Å². The van der Waals surface area contributed by atoms with Crippen molar-refractivity contribution in [3.05, 3.63) is 81.4 Å². The number of hydrogen-bond acceptors (Lipinski definition) is 6. The monoisotopic (exact) mass is 430 g/mol. The number of piperidine rings is 1. The topological polar surface area (TPSA) is 97.2 Å². The molecule has 0 amide bonds. The summed E-state index contributed by atoms with van der Waals surface area (Å²) in [4.78, 5) is 21.6. The van der Waals surface area contributed by atoms with E-state index >= 15 is 0 Å². The van der Waals surface area contributed by atoms with Crippen LogP contribution in [0.15, 0.2) is 58.4 Å². The molecule has 3 aromatic rings. The smallest absolute Gasteiger partial charge is 0.270 e. The fraction of sp³-hybridized carbons (Fsp3) is 0.250. The third-order valence-corrected chi connectivity index (χ3v) is 5.40. The Hall–Kier alpha value is -3.83. The minimum atomic E-state index is -0.549. The number of halogens is 1. The molecule has 0 radical (unpaired) electrons. The summed E-state index contributed by atoms with van der Waals surface area (Å²) in [6.07, 6.45) is 5.13. The molecule has 1 aliphatic heterocycles. The highest BCUT2D eigenvalue weighted by Crippen LogP contribution is 2.20. The lowest BCUT2D eigenvalue weighted by atomic mass is 10.1. The number of nitriles is 1. The fourth-order valence-corrected chi connectivity index (χ4v) is 3.79. The van der Waals surface area contributed by atoms with Gasteiger partial charge in [0.15, 0.2) is 0 Å². The summed E-state index contributed by atoms with van der Waals surface area (Å²) in [7, 11) is 0. The zero-order chi connectivity index (χ0) is 22.3. The number of hydrogen-bond donors (Lipinski definition) is 2. The molecule has 2 N–H and O–H groups in total. The molecule has 1 saturated heterocycles. The standard InChI is InChI=1S/C24H23FN6O/c25-20-10-9-18(19(13-20)16-31-11-5-2-6-12-31)15-27-30-24-28-22(17-7-3-1-4-8-17)21(14-26)23(32)29-24/h1,3-4,7-10,13,15H,2,5-6,11-12,16H2,(H2,28,29,30,32). The Labute approximate surface area is 185 Å². The molecule has 162 valence electrons. The number of benzene rings is 2. The number of rotatable bonds is 6. The van der Waals surface area contributed by atoms with Crippen LogP contribution in [-0.4, -0.2) is 34.2 Å². The maximum absolute atomic E-state index is 13.9. The number of likely N-dealkylation sites (tertiary alicyclic amines) is 1. The van der Waals surface area contributed by atoms with Crippen molar-refractivity contribution in [2.45, 2.75) is 25.8 Å². The molecule has 2 aromatic carbocycles. The molecule has 1 fully saturated rings. The summed E-state index contributed by atoms with van der Waals surface area (Å²) in [5.74, 6) is -0.170. The van der Waals surface area contributed by atoms with Crippen molar-refractivity contribution in [1.29, 1.82) is 5.26 Å². The van der Waals surface area contributed by atoms with Gasteiger partial charge in [-0.05, 0) is 49.2 Å². The molecular weight excluding hydrogens is 407 g/mol. The number of anilines is 1. The Morgan fingerprint density at radius 2 is 1.97 bits per heavy atom. The van der Waals surface area contributed by atoms with E-state index in [0.717, 1.165) is 37.1 Å². The number of H-pyrrole nitrogens is 1. The van der Waals surface area contributed by atoms with E-state index in [0.29, 0.717) is 12.1 Å². The first kappa shape index (κ1) is 21.4. The number of aromatic nitrogens is 2. The second-order valence-corrected chi connectivity index (χ2v) is 7.67. The molecule has 0 aliphatic carbocycles. The van der Waals surface area contributed by atoms with Gasteiger partial charge in [-0.25, -0.2) is 14.8 Å². The van der Waals surface area contributed by atoms with Crippen molar-refractivity contribution in [3.63, 3.8) is 0 Å². The van der Waals surface area contributed by atoms with E-state index in [4.69, 9.17) is 0 Å². The van der Waals surface area contributed by atoms with E-state index in [2.05, 4.69) is 25.4 Å². The van der Waals surface area contributed by atoms with Gasteiger partial charge >= 0.3 is 0 Å². The van der Waals surface area contributed by atoms with E-state index in [1.165, 1.54) is 18.6 Å². The van der Waals surface area contributed by atoms with Crippen LogP contribution in [0.1, 0.15) is 36.0 Å². The molecule has 4 rings (SSSR count). The van der Waals surface area contributed by atoms with Gasteiger partial charge in [0.1, 0.15) is 17.4 Å². The molecule has 0 spiro atoms. The van der Waals surface area contributed by atoms with Crippen molar-refractivity contribution < 1.29 is 4.39 Å². The van der Waals surface area contributed by atoms with Gasteiger partial charge in [-0.3, -0.25) is 14.7 Å². The minimum absolute atomic E-state index is 0.0620. The van der Waals surface area contributed by atoms with Crippen molar-refractivity contribution in [2.24, 2.45) is 5.10 Å². The molecule has 1 aliphatic rings. The number of nitrogens with one attached hydrogen (secondary N) is 2. The van der Waals surface area contributed by atoms with Gasteiger partial charge in [-0.2, -0.15) is 10.4 Å². The van der Waals surface area contributed by atoms with Crippen molar-refractivity contribution >= 4 is 12.2 Å². The average molecular weight is 430 g/mol. The SMILES string of the molecule is N#Cc1c(-c2ccccc2)nc(NN=Cc2ccc(F)cc2CN2CCCCC2)[nH]c1=O. The van der Waals surface area contributed by atoms with Gasteiger partial charge in [-0.15, -0.1) is 0 Å². The van der Waals surface area contributed by atoms with Crippen LogP contribution in [0.2, 0.25) is 0 Å². The average Bonchev–Trinajstić information content (AvgIpc) is 2.81. The predicted octanol–water partition coefficient (Wildman–Crippen LogP) is 3.88. The number of hydrazone groups is 1. The third-order valence-electron chi connectivity index (χ3n) is 5.40. The summed E-state index contributed by atoms with van der Waals surface area (Å²) in [5, 5.41) is 13.6. The molecule has 1 aromatic heterocycles. The van der Waals surface area contributed by atoms with Gasteiger partial charge in [-0.1, -0.05) is 42.8 Å². The summed E-state index contributed by atoms with van der Waals surface area (Å²) >= 11 is 0. The summed E-state index contributed by atoms with van der Waals surface area (Å²) in [6.45, 7) is 2.66. The maximum atomic E-state index is 13.9. The van der Waals surface area contributed by atoms with Crippen LogP contribution in [0.25, 0.3) is 11.3 Å². The van der Waals surface area contributed by atoms with Crippen LogP contribution in [0, 0.1) is 17.1 Å². The molecular formula is C24H23FN6O. The van der Waals surface area contributed by atoms with E-state index < -0.39 is 5.56 Å². The van der Waals surface area contributed by atoms with Crippen LogP contribution in [-0.2, 0) is 6.54 Å². The van der Waals surface area contributed by atoms with E-state index in [-0.39, 0.29) is 23.0 Å². The summed E-state index contributed by atoms with van der Waals surface area (Å²) in [6, 6.07) is 15.5. The van der Waals surface area contributed by atoms with Gasteiger partial charge in [0.05, 0.1) is 11.9 Å². The molecule has 32 heavy (non-hydrogen) atoms. The molecule has 0 saturated carbocycles. The maximum Gasteiger partial charge on any atom is 0.270 e. The second kappa shape index (κ2) is 9.98. The van der Waals surface area contributed by atoms with E-state index in [1.807, 2.05) is 24.3 Å². The Bertz CT molecular complexity index is 1210. The highest BCUT2D eigenvalue weighted by molar-refractivity contribution is 5.82. The first-order valence-electron chi connectivity index (χ1n) is 10.5. The highest BCUT2D eigenvalue weighted by Gasteiger charge is 2.14. The van der Waals surface area contributed by atoms with Crippen molar-refractivity contribution in [3.8, 4) is 17.3 Å². The largest absolute Gasteiger partial charge is 0.299 e. The Kier molecular flexibility index (Phi) is 6.68. The summed E-state index contributed by atoms with van der Waals surface area (Å²) < 4.78 is 13.9. The van der Waals surface area contributed by atoms with Crippen LogP contribution in [0.3, 0.4) is 0 Å². The normalized spacial score (nSPS) is 14.4. The second-order valence-electron chi connectivity index (χ2n) is 7.67. The van der Waals surface area contributed by atoms with E-state index in [1.54, 1.807) is 24.4 Å². The Morgan fingerprint density at radius 3 is 2.72 bits per heavy atom. The molecule has 0 bridgehead atoms. The first-order valence-corrected chi connectivity index (χ1v) is 10.5. The number of aromatic amines is 1.